The molecule has 0 radical (unpaired) electrons. The molecular formula is C11H18N2O3. The topological polar surface area (TPSA) is 78.4 Å². The van der Waals surface area contributed by atoms with Gasteiger partial charge in [0.2, 0.25) is 0 Å². The van der Waals surface area contributed by atoms with Gasteiger partial charge in [-0.05, 0) is 38.5 Å². The fraction of sp³-hybridized carbons (Fsp3) is 0.818. The summed E-state index contributed by atoms with van der Waals surface area (Å²) < 4.78 is 0. The first-order valence-corrected chi connectivity index (χ1v) is 5.95. The van der Waals surface area contributed by atoms with Crippen LogP contribution in [0.1, 0.15) is 38.5 Å². The van der Waals surface area contributed by atoms with Crippen LogP contribution in [0.5, 0.6) is 0 Å². The van der Waals surface area contributed by atoms with Gasteiger partial charge < -0.3 is 15.7 Å². The lowest BCUT2D eigenvalue weighted by Crippen LogP contribution is -2.47. The molecule has 16 heavy (non-hydrogen) atoms. The molecule has 3 N–H and O–H groups in total. The van der Waals surface area contributed by atoms with Gasteiger partial charge in [0, 0.05) is 12.1 Å². The summed E-state index contributed by atoms with van der Waals surface area (Å²) >= 11 is 0. The van der Waals surface area contributed by atoms with Gasteiger partial charge in [-0.15, -0.1) is 0 Å². The van der Waals surface area contributed by atoms with Crippen LogP contribution in [-0.4, -0.2) is 29.2 Å². The molecule has 0 aliphatic heterocycles. The van der Waals surface area contributed by atoms with Crippen molar-refractivity contribution in [1.82, 2.24) is 10.6 Å². The molecule has 0 aromatic rings. The Morgan fingerprint density at radius 1 is 1.00 bits per heavy atom. The van der Waals surface area contributed by atoms with E-state index >= 15 is 0 Å². The lowest BCUT2D eigenvalue weighted by atomic mass is 9.93. The highest BCUT2D eigenvalue weighted by atomic mass is 16.4. The molecule has 2 unspecified atom stereocenters. The molecule has 2 saturated carbocycles. The summed E-state index contributed by atoms with van der Waals surface area (Å²) in [5.41, 5.74) is 0. The number of urea groups is 1. The fourth-order valence-electron chi connectivity index (χ4n) is 2.30. The molecule has 0 bridgehead atoms. The minimum atomic E-state index is -0.747. The van der Waals surface area contributed by atoms with Gasteiger partial charge in [-0.2, -0.15) is 0 Å². The lowest BCUT2D eigenvalue weighted by molar-refractivity contribution is -0.141. The Morgan fingerprint density at radius 2 is 1.69 bits per heavy atom. The predicted octanol–water partition coefficient (Wildman–Crippen LogP) is 1.09. The van der Waals surface area contributed by atoms with Crippen molar-refractivity contribution < 1.29 is 14.7 Å². The van der Waals surface area contributed by atoms with E-state index in [0.717, 1.165) is 19.3 Å². The fourth-order valence-corrected chi connectivity index (χ4v) is 2.30. The van der Waals surface area contributed by atoms with Crippen molar-refractivity contribution in [3.63, 3.8) is 0 Å². The molecule has 0 spiro atoms. The van der Waals surface area contributed by atoms with Crippen molar-refractivity contribution >= 4 is 12.0 Å². The number of nitrogens with one attached hydrogen (secondary N) is 2. The van der Waals surface area contributed by atoms with Crippen LogP contribution < -0.4 is 10.6 Å². The first-order valence-electron chi connectivity index (χ1n) is 5.95. The minimum absolute atomic E-state index is 0.0289. The van der Waals surface area contributed by atoms with Crippen LogP contribution in [0.15, 0.2) is 0 Å². The summed E-state index contributed by atoms with van der Waals surface area (Å²) in [6, 6.07) is 0.221. The maximum absolute atomic E-state index is 11.5. The second-order valence-corrected chi connectivity index (χ2v) is 4.79. The van der Waals surface area contributed by atoms with E-state index in [0.29, 0.717) is 18.9 Å². The van der Waals surface area contributed by atoms with Crippen molar-refractivity contribution in [2.24, 2.45) is 5.92 Å². The van der Waals surface area contributed by atoms with Crippen molar-refractivity contribution in [2.45, 2.75) is 50.6 Å². The van der Waals surface area contributed by atoms with Gasteiger partial charge in [0.05, 0.1) is 5.92 Å². The molecule has 2 atom stereocenters. The normalized spacial score (nSPS) is 29.5. The second kappa shape index (κ2) is 4.72. The zero-order valence-corrected chi connectivity index (χ0v) is 9.24. The molecule has 0 aromatic heterocycles. The number of hydrogen-bond acceptors (Lipinski definition) is 2. The monoisotopic (exact) mass is 226 g/mol. The van der Waals surface area contributed by atoms with Crippen molar-refractivity contribution in [3.8, 4) is 0 Å². The largest absolute Gasteiger partial charge is 0.481 e. The standard InChI is InChI=1S/C11H18N2O3/c14-10(15)7-4-5-9(6-7)13-11(16)12-8-2-1-3-8/h7-9H,1-6H2,(H,14,15)(H2,12,13,16). The van der Waals surface area contributed by atoms with E-state index in [1.165, 1.54) is 6.42 Å². The molecule has 5 nitrogen and oxygen atoms in total. The number of aliphatic carboxylic acids is 1. The van der Waals surface area contributed by atoms with Gasteiger partial charge in [-0.25, -0.2) is 4.79 Å². The first kappa shape index (κ1) is 11.2. The Hall–Kier alpha value is -1.26. The van der Waals surface area contributed by atoms with Gasteiger partial charge in [0.15, 0.2) is 0 Å². The van der Waals surface area contributed by atoms with E-state index in [9.17, 15) is 9.59 Å². The molecule has 0 heterocycles. The Balaban J connectivity index is 1.69. The highest BCUT2D eigenvalue weighted by Crippen LogP contribution is 2.25. The van der Waals surface area contributed by atoms with E-state index < -0.39 is 5.97 Å². The third-order valence-electron chi connectivity index (χ3n) is 3.56. The van der Waals surface area contributed by atoms with E-state index in [1.54, 1.807) is 0 Å². The SMILES string of the molecule is O=C(NC1CCC1)NC1CCC(C(=O)O)C1. The summed E-state index contributed by atoms with van der Waals surface area (Å²) in [4.78, 5) is 22.2. The molecule has 90 valence electrons. The molecular weight excluding hydrogens is 208 g/mol. The van der Waals surface area contributed by atoms with E-state index in [4.69, 9.17) is 5.11 Å². The lowest BCUT2D eigenvalue weighted by Gasteiger charge is -2.27. The molecule has 2 rings (SSSR count). The number of carbonyl (C=O) groups excluding carboxylic acids is 1. The van der Waals surface area contributed by atoms with Crippen molar-refractivity contribution in [2.75, 3.05) is 0 Å². The predicted molar refractivity (Wildman–Crippen MR) is 58.1 cm³/mol. The Labute approximate surface area is 94.6 Å². The highest BCUT2D eigenvalue weighted by Gasteiger charge is 2.31. The number of hydrogen-bond donors (Lipinski definition) is 3. The van der Waals surface area contributed by atoms with Crippen LogP contribution in [0.2, 0.25) is 0 Å². The maximum Gasteiger partial charge on any atom is 0.315 e. The average Bonchev–Trinajstić information content (AvgIpc) is 2.60. The van der Waals surface area contributed by atoms with E-state index in [1.807, 2.05) is 0 Å². The highest BCUT2D eigenvalue weighted by molar-refractivity contribution is 5.75. The zero-order valence-electron chi connectivity index (χ0n) is 9.24. The zero-order chi connectivity index (χ0) is 11.5. The van der Waals surface area contributed by atoms with E-state index in [2.05, 4.69) is 10.6 Å². The number of amides is 2. The van der Waals surface area contributed by atoms with Crippen molar-refractivity contribution in [3.05, 3.63) is 0 Å². The van der Waals surface area contributed by atoms with Crippen LogP contribution in [0.25, 0.3) is 0 Å². The average molecular weight is 226 g/mol. The molecule has 2 aliphatic carbocycles. The third-order valence-corrected chi connectivity index (χ3v) is 3.56. The molecule has 2 fully saturated rings. The number of rotatable bonds is 3. The second-order valence-electron chi connectivity index (χ2n) is 4.79. The van der Waals surface area contributed by atoms with Gasteiger partial charge in [-0.1, -0.05) is 0 Å². The smallest absolute Gasteiger partial charge is 0.315 e. The maximum atomic E-state index is 11.5. The third kappa shape index (κ3) is 2.65. The molecule has 0 aromatic carbocycles. The molecule has 5 heteroatoms. The summed E-state index contributed by atoms with van der Waals surface area (Å²) in [5.74, 6) is -1.03. The van der Waals surface area contributed by atoms with Crippen molar-refractivity contribution in [1.29, 1.82) is 0 Å². The van der Waals surface area contributed by atoms with Crippen LogP contribution in [0.4, 0.5) is 4.79 Å². The number of carboxylic acids is 1. The van der Waals surface area contributed by atoms with Gasteiger partial charge in [0.1, 0.15) is 0 Å². The van der Waals surface area contributed by atoms with Crippen LogP contribution >= 0.6 is 0 Å². The van der Waals surface area contributed by atoms with Gasteiger partial charge in [0.25, 0.3) is 0 Å². The molecule has 0 saturated heterocycles. The Bertz CT molecular complexity index is 289. The Kier molecular flexibility index (Phi) is 3.31. The molecule has 2 aliphatic rings. The van der Waals surface area contributed by atoms with E-state index in [-0.39, 0.29) is 18.0 Å². The van der Waals surface area contributed by atoms with Crippen LogP contribution in [0.3, 0.4) is 0 Å². The van der Waals surface area contributed by atoms with Gasteiger partial charge in [-0.3, -0.25) is 4.79 Å². The van der Waals surface area contributed by atoms with Gasteiger partial charge >= 0.3 is 12.0 Å². The number of carboxylic acid groups (broad SMARTS) is 1. The quantitative estimate of drug-likeness (QED) is 0.674. The van der Waals surface area contributed by atoms with Crippen LogP contribution in [-0.2, 0) is 4.79 Å². The Morgan fingerprint density at radius 3 is 2.19 bits per heavy atom. The summed E-state index contributed by atoms with van der Waals surface area (Å²) in [5, 5.41) is 14.6. The minimum Gasteiger partial charge on any atom is -0.481 e. The molecule has 2 amide bonds. The summed E-state index contributed by atoms with van der Waals surface area (Å²) in [6.07, 6.45) is 5.33. The summed E-state index contributed by atoms with van der Waals surface area (Å²) in [6.45, 7) is 0. The summed E-state index contributed by atoms with van der Waals surface area (Å²) in [7, 11) is 0. The van der Waals surface area contributed by atoms with Crippen LogP contribution in [0, 0.1) is 5.92 Å². The number of carbonyl (C=O) groups is 2. The first-order chi connectivity index (χ1) is 7.65.